The molecule has 6 aromatic carbocycles. The zero-order chi connectivity index (χ0) is 30.1. The number of hydrogen-bond donors (Lipinski definition) is 0. The highest BCUT2D eigenvalue weighted by Crippen LogP contribution is 2.55. The van der Waals surface area contributed by atoms with Crippen LogP contribution in [0.15, 0.2) is 146 Å². The molecule has 212 valence electrons. The van der Waals surface area contributed by atoms with Gasteiger partial charge < -0.3 is 4.81 Å². The average molecular weight is 582 g/mol. The maximum atomic E-state index is 2.74. The van der Waals surface area contributed by atoms with Crippen molar-refractivity contribution in [2.24, 2.45) is 0 Å². The molecule has 0 fully saturated rings. The molecule has 1 nitrogen and oxygen atoms in total. The molecular formula is C41H36BNSi. The second kappa shape index (κ2) is 9.97. The fourth-order valence-electron chi connectivity index (χ4n) is 8.03. The van der Waals surface area contributed by atoms with E-state index in [1.54, 1.807) is 0 Å². The molecule has 2 heterocycles. The van der Waals surface area contributed by atoms with Crippen LogP contribution in [-0.4, -0.2) is 14.9 Å². The smallest absolute Gasteiger partial charge is 0.328 e. The number of rotatable bonds is 3. The molecule has 3 heteroatoms. The Morgan fingerprint density at radius 3 is 1.34 bits per heavy atom. The van der Waals surface area contributed by atoms with Gasteiger partial charge in [-0.2, -0.15) is 0 Å². The lowest BCUT2D eigenvalue weighted by Crippen LogP contribution is -2.77. The van der Waals surface area contributed by atoms with Gasteiger partial charge in [-0.3, -0.25) is 0 Å². The molecule has 0 aromatic heterocycles. The van der Waals surface area contributed by atoms with Crippen molar-refractivity contribution in [1.29, 1.82) is 0 Å². The summed E-state index contributed by atoms with van der Waals surface area (Å²) in [6.45, 7) is 9.89. The van der Waals surface area contributed by atoms with E-state index in [-0.39, 0.29) is 12.3 Å². The van der Waals surface area contributed by atoms with Crippen LogP contribution >= 0.6 is 0 Å². The van der Waals surface area contributed by atoms with Crippen LogP contribution in [0, 0.1) is 0 Å². The van der Waals surface area contributed by atoms with Crippen LogP contribution in [0.2, 0.25) is 13.1 Å². The van der Waals surface area contributed by atoms with Gasteiger partial charge in [-0.15, -0.1) is 0 Å². The highest BCUT2D eigenvalue weighted by molar-refractivity contribution is 7.12. The molecule has 0 N–H and O–H groups in total. The largest absolute Gasteiger partial charge is 0.375 e. The van der Waals surface area contributed by atoms with Crippen LogP contribution < -0.4 is 26.1 Å². The van der Waals surface area contributed by atoms with E-state index in [1.165, 1.54) is 66.1 Å². The van der Waals surface area contributed by atoms with Gasteiger partial charge in [0.05, 0.1) is 0 Å². The van der Waals surface area contributed by atoms with Crippen LogP contribution in [0.4, 0.5) is 11.4 Å². The van der Waals surface area contributed by atoms with Crippen LogP contribution in [0.25, 0.3) is 22.3 Å². The summed E-state index contributed by atoms with van der Waals surface area (Å²) in [5, 5.41) is 3.07. The lowest BCUT2D eigenvalue weighted by molar-refractivity contribution is 0.634. The summed E-state index contributed by atoms with van der Waals surface area (Å²) in [7, 11) is -1.93. The first kappa shape index (κ1) is 27.0. The topological polar surface area (TPSA) is 3.24 Å². The maximum Gasteiger partial charge on any atom is 0.328 e. The lowest BCUT2D eigenvalue weighted by Gasteiger charge is -2.49. The number of nitrogens with zero attached hydrogens (tertiary/aromatic N) is 1. The molecule has 0 saturated heterocycles. The first-order chi connectivity index (χ1) is 21.4. The van der Waals surface area contributed by atoms with Gasteiger partial charge in [-0.1, -0.05) is 194 Å². The van der Waals surface area contributed by atoms with Crippen molar-refractivity contribution in [3.05, 3.63) is 157 Å². The van der Waals surface area contributed by atoms with Gasteiger partial charge in [0.15, 0.2) is 0 Å². The normalized spacial score (nSPS) is 15.5. The van der Waals surface area contributed by atoms with Crippen molar-refractivity contribution in [2.45, 2.75) is 32.4 Å². The zero-order valence-corrected chi connectivity index (χ0v) is 26.9. The Labute approximate surface area is 263 Å². The van der Waals surface area contributed by atoms with Crippen molar-refractivity contribution in [3.63, 3.8) is 0 Å². The number of hydrogen-bond acceptors (Lipinski definition) is 1. The van der Waals surface area contributed by atoms with Gasteiger partial charge in [-0.25, -0.2) is 0 Å². The fraction of sp³-hybridized carbons (Fsp3) is 0.122. The van der Waals surface area contributed by atoms with Crippen molar-refractivity contribution < 1.29 is 0 Å². The van der Waals surface area contributed by atoms with Crippen molar-refractivity contribution >= 4 is 47.6 Å². The van der Waals surface area contributed by atoms with E-state index in [9.17, 15) is 0 Å². The fourth-order valence-corrected chi connectivity index (χ4v) is 11.2. The van der Waals surface area contributed by atoms with Crippen LogP contribution in [0.3, 0.4) is 0 Å². The second-order valence-electron chi connectivity index (χ2n) is 13.3. The third-order valence-corrected chi connectivity index (χ3v) is 13.8. The van der Waals surface area contributed by atoms with Crippen LogP contribution in [0.5, 0.6) is 0 Å². The Morgan fingerprint density at radius 2 is 0.886 bits per heavy atom. The van der Waals surface area contributed by atoms with Crippen molar-refractivity contribution in [3.8, 4) is 22.3 Å². The summed E-state index contributed by atoms with van der Waals surface area (Å²) in [5.74, 6) is 0. The molecule has 0 spiro atoms. The summed E-state index contributed by atoms with van der Waals surface area (Å²) in [6, 6.07) is 54.4. The lowest BCUT2D eigenvalue weighted by atomic mass is 9.47. The number of benzene rings is 6. The van der Waals surface area contributed by atoms with Gasteiger partial charge in [0.2, 0.25) is 0 Å². The Kier molecular flexibility index (Phi) is 6.12. The van der Waals surface area contributed by atoms with E-state index in [4.69, 9.17) is 0 Å². The standard InChI is InChI=1S/C41H36BNSi/c1-41(2)33-23-15-21-31(29-17-7-5-8-18-29)39(33)43(40-32(22-16-24-34(40)41)30-19-9-6-10-20-30)42-35-25-11-13-27-37(35)44(3,4)38-28-14-12-26-36(38)42/h5-28H,1-4H3. The summed E-state index contributed by atoms with van der Waals surface area (Å²) in [6.07, 6.45) is 0. The summed E-state index contributed by atoms with van der Waals surface area (Å²) in [5.41, 5.74) is 13.1. The third-order valence-electron chi connectivity index (χ3n) is 10.2. The van der Waals surface area contributed by atoms with E-state index in [1.807, 2.05) is 0 Å². The number of fused-ring (bicyclic) bond motifs is 4. The Bertz CT molecular complexity index is 1890. The van der Waals surface area contributed by atoms with E-state index >= 15 is 0 Å². The van der Waals surface area contributed by atoms with Crippen molar-refractivity contribution in [2.75, 3.05) is 4.81 Å². The van der Waals surface area contributed by atoms with E-state index in [2.05, 4.69) is 177 Å². The van der Waals surface area contributed by atoms with Gasteiger partial charge in [0, 0.05) is 27.9 Å². The zero-order valence-electron chi connectivity index (χ0n) is 25.9. The van der Waals surface area contributed by atoms with E-state index in [0.29, 0.717) is 0 Å². The first-order valence-corrected chi connectivity index (χ1v) is 18.7. The molecular weight excluding hydrogens is 545 g/mol. The summed E-state index contributed by atoms with van der Waals surface area (Å²) in [4.78, 5) is 2.74. The molecule has 0 unspecified atom stereocenters. The predicted octanol–water partition coefficient (Wildman–Crippen LogP) is 7.74. The van der Waals surface area contributed by atoms with Gasteiger partial charge in [0.25, 0.3) is 0 Å². The highest BCUT2D eigenvalue weighted by atomic mass is 28.3. The summed E-state index contributed by atoms with van der Waals surface area (Å²) >= 11 is 0. The monoisotopic (exact) mass is 581 g/mol. The molecule has 6 aromatic rings. The minimum absolute atomic E-state index is 0.0336. The molecule has 0 saturated carbocycles. The SMILES string of the molecule is CC1(C)c2cccc(-c3ccccc3)c2N(B2c3ccccc3[Si](C)(C)c3ccccc32)c2c(-c3ccccc3)cccc21. The molecule has 0 radical (unpaired) electrons. The van der Waals surface area contributed by atoms with Crippen LogP contribution in [0.1, 0.15) is 25.0 Å². The molecule has 44 heavy (non-hydrogen) atoms. The number of para-hydroxylation sites is 2. The maximum absolute atomic E-state index is 2.74. The van der Waals surface area contributed by atoms with Gasteiger partial charge in [0.1, 0.15) is 8.07 Å². The molecule has 0 bridgehead atoms. The quantitative estimate of drug-likeness (QED) is 0.193. The minimum atomic E-state index is -1.93. The van der Waals surface area contributed by atoms with Gasteiger partial charge in [-0.05, 0) is 22.3 Å². The average Bonchev–Trinajstić information content (AvgIpc) is 3.07. The molecule has 2 aliphatic rings. The number of anilines is 2. The van der Waals surface area contributed by atoms with Crippen molar-refractivity contribution in [1.82, 2.24) is 0 Å². The first-order valence-electron chi connectivity index (χ1n) is 15.7. The summed E-state index contributed by atoms with van der Waals surface area (Å²) < 4.78 is 0. The molecule has 0 amide bonds. The molecule has 8 rings (SSSR count). The third kappa shape index (κ3) is 3.85. The molecule has 0 atom stereocenters. The Balaban J connectivity index is 1.54. The van der Waals surface area contributed by atoms with Crippen LogP contribution in [-0.2, 0) is 5.41 Å². The van der Waals surface area contributed by atoms with E-state index < -0.39 is 8.07 Å². The highest BCUT2D eigenvalue weighted by Gasteiger charge is 2.48. The second-order valence-corrected chi connectivity index (χ2v) is 17.7. The Hall–Kier alpha value is -4.60. The molecule has 0 aliphatic carbocycles. The predicted molar refractivity (Wildman–Crippen MR) is 193 cm³/mol. The minimum Gasteiger partial charge on any atom is -0.375 e. The van der Waals surface area contributed by atoms with E-state index in [0.717, 1.165) is 0 Å². The van der Waals surface area contributed by atoms with Gasteiger partial charge >= 0.3 is 6.85 Å². The molecule has 2 aliphatic heterocycles. The Morgan fingerprint density at radius 1 is 0.477 bits per heavy atom.